The van der Waals surface area contributed by atoms with Gasteiger partial charge in [0.2, 0.25) is 5.91 Å². The lowest BCUT2D eigenvalue weighted by molar-refractivity contribution is 0.1000. The molecule has 2 N–H and O–H groups in total. The van der Waals surface area contributed by atoms with E-state index in [9.17, 15) is 13.2 Å². The third-order valence-corrected chi connectivity index (χ3v) is 4.86. The molecule has 0 atom stereocenters. The Hall–Kier alpha value is -2.34. The van der Waals surface area contributed by atoms with Crippen molar-refractivity contribution >= 4 is 15.7 Å². The second-order valence-corrected chi connectivity index (χ2v) is 6.84. The van der Waals surface area contributed by atoms with E-state index < -0.39 is 15.7 Å². The van der Waals surface area contributed by atoms with Gasteiger partial charge in [0.1, 0.15) is 5.75 Å². The van der Waals surface area contributed by atoms with Crippen LogP contribution < -0.4 is 10.5 Å². The van der Waals surface area contributed by atoms with E-state index in [4.69, 9.17) is 10.5 Å². The molecule has 0 unspecified atom stereocenters. The van der Waals surface area contributed by atoms with Crippen LogP contribution in [0.25, 0.3) is 0 Å². The van der Waals surface area contributed by atoms with Crippen LogP contribution in [0.2, 0.25) is 0 Å². The molecule has 0 saturated heterocycles. The van der Waals surface area contributed by atoms with Gasteiger partial charge in [-0.05, 0) is 36.8 Å². The van der Waals surface area contributed by atoms with E-state index in [0.717, 1.165) is 0 Å². The standard InChI is InChI=1S/C16H17NO4S/c17-16(18)13-6-4-7-14(12-13)21-10-5-11-22(19,20)15-8-2-1-3-9-15/h1-4,6-9,12H,5,10-11H2,(H2,17,18). The molecule has 0 fully saturated rings. The highest BCUT2D eigenvalue weighted by molar-refractivity contribution is 7.91. The van der Waals surface area contributed by atoms with Crippen molar-refractivity contribution in [3.63, 3.8) is 0 Å². The molecule has 0 heterocycles. The smallest absolute Gasteiger partial charge is 0.248 e. The van der Waals surface area contributed by atoms with Crippen LogP contribution in [0.5, 0.6) is 5.75 Å². The van der Waals surface area contributed by atoms with Crippen molar-refractivity contribution in [2.45, 2.75) is 11.3 Å². The summed E-state index contributed by atoms with van der Waals surface area (Å²) in [5.74, 6) is -0.0301. The Labute approximate surface area is 129 Å². The minimum absolute atomic E-state index is 0.00647. The van der Waals surface area contributed by atoms with Gasteiger partial charge in [-0.25, -0.2) is 8.42 Å². The van der Waals surface area contributed by atoms with Gasteiger partial charge in [-0.1, -0.05) is 24.3 Å². The Kier molecular flexibility index (Phi) is 5.16. The predicted molar refractivity (Wildman–Crippen MR) is 83.6 cm³/mol. The normalized spacial score (nSPS) is 11.1. The lowest BCUT2D eigenvalue weighted by atomic mass is 10.2. The highest BCUT2D eigenvalue weighted by Gasteiger charge is 2.13. The number of sulfone groups is 1. The number of primary amides is 1. The Bertz CT molecular complexity index is 742. The maximum absolute atomic E-state index is 12.1. The summed E-state index contributed by atoms with van der Waals surface area (Å²) in [6.45, 7) is 0.244. The van der Waals surface area contributed by atoms with Gasteiger partial charge in [0.05, 0.1) is 17.3 Å². The zero-order chi connectivity index (χ0) is 16.0. The summed E-state index contributed by atoms with van der Waals surface area (Å²) in [6, 6.07) is 14.8. The number of amides is 1. The number of hydrogen-bond acceptors (Lipinski definition) is 4. The van der Waals surface area contributed by atoms with Crippen LogP contribution in [0.3, 0.4) is 0 Å². The van der Waals surface area contributed by atoms with Crippen LogP contribution in [-0.2, 0) is 9.84 Å². The molecule has 2 rings (SSSR count). The number of rotatable bonds is 7. The summed E-state index contributed by atoms with van der Waals surface area (Å²) < 4.78 is 29.6. The van der Waals surface area contributed by atoms with Crippen LogP contribution in [0, 0.1) is 0 Å². The fourth-order valence-electron chi connectivity index (χ4n) is 1.92. The minimum Gasteiger partial charge on any atom is -0.494 e. The van der Waals surface area contributed by atoms with Gasteiger partial charge in [-0.3, -0.25) is 4.79 Å². The van der Waals surface area contributed by atoms with Crippen LogP contribution >= 0.6 is 0 Å². The predicted octanol–water partition coefficient (Wildman–Crippen LogP) is 2.03. The van der Waals surface area contributed by atoms with E-state index >= 15 is 0 Å². The van der Waals surface area contributed by atoms with E-state index in [1.54, 1.807) is 48.5 Å². The number of benzene rings is 2. The summed E-state index contributed by atoms with van der Waals surface area (Å²) in [6.07, 6.45) is 0.359. The molecule has 0 radical (unpaired) electrons. The Morgan fingerprint density at radius 2 is 1.77 bits per heavy atom. The summed E-state index contributed by atoms with van der Waals surface area (Å²) in [4.78, 5) is 11.4. The molecule has 0 bridgehead atoms. The molecule has 0 aliphatic rings. The van der Waals surface area contributed by atoms with Gasteiger partial charge >= 0.3 is 0 Å². The third-order valence-electron chi connectivity index (χ3n) is 3.05. The molecular weight excluding hydrogens is 302 g/mol. The second kappa shape index (κ2) is 7.09. The van der Waals surface area contributed by atoms with E-state index in [1.165, 1.54) is 6.07 Å². The first-order chi connectivity index (χ1) is 10.5. The van der Waals surface area contributed by atoms with Crippen LogP contribution in [0.15, 0.2) is 59.5 Å². The van der Waals surface area contributed by atoms with Crippen molar-refractivity contribution in [2.24, 2.45) is 5.73 Å². The highest BCUT2D eigenvalue weighted by atomic mass is 32.2. The number of carbonyl (C=O) groups excluding carboxylic acids is 1. The van der Waals surface area contributed by atoms with Gasteiger partial charge in [0.25, 0.3) is 0 Å². The molecule has 6 heteroatoms. The summed E-state index contributed by atoms with van der Waals surface area (Å²) in [5, 5.41) is 0. The quantitative estimate of drug-likeness (QED) is 0.791. The van der Waals surface area contributed by atoms with Crippen molar-refractivity contribution in [2.75, 3.05) is 12.4 Å². The van der Waals surface area contributed by atoms with E-state index in [2.05, 4.69) is 0 Å². The zero-order valence-corrected chi connectivity index (χ0v) is 12.8. The van der Waals surface area contributed by atoms with Gasteiger partial charge in [0, 0.05) is 5.56 Å². The molecule has 0 spiro atoms. The molecule has 116 valence electrons. The lowest BCUT2D eigenvalue weighted by Gasteiger charge is -2.08. The Morgan fingerprint density at radius 1 is 1.05 bits per heavy atom. The molecule has 5 nitrogen and oxygen atoms in total. The topological polar surface area (TPSA) is 86.5 Å². The average Bonchev–Trinajstić information content (AvgIpc) is 2.53. The second-order valence-electron chi connectivity index (χ2n) is 4.73. The zero-order valence-electron chi connectivity index (χ0n) is 11.9. The summed E-state index contributed by atoms with van der Waals surface area (Å²) in [5.41, 5.74) is 5.54. The monoisotopic (exact) mass is 319 g/mol. The fraction of sp³-hybridized carbons (Fsp3) is 0.188. The minimum atomic E-state index is -3.29. The molecule has 2 aromatic carbocycles. The number of ether oxygens (including phenoxy) is 1. The van der Waals surface area contributed by atoms with Gasteiger partial charge < -0.3 is 10.5 Å². The third kappa shape index (κ3) is 4.33. The molecule has 0 aromatic heterocycles. The fourth-order valence-corrected chi connectivity index (χ4v) is 3.23. The molecule has 0 aliphatic heterocycles. The maximum atomic E-state index is 12.1. The maximum Gasteiger partial charge on any atom is 0.248 e. The van der Waals surface area contributed by atoms with Gasteiger partial charge in [-0.2, -0.15) is 0 Å². The van der Waals surface area contributed by atoms with E-state index in [0.29, 0.717) is 22.6 Å². The first-order valence-electron chi connectivity index (χ1n) is 6.79. The van der Waals surface area contributed by atoms with Crippen molar-refractivity contribution in [1.29, 1.82) is 0 Å². The number of carbonyl (C=O) groups is 1. The van der Waals surface area contributed by atoms with Crippen molar-refractivity contribution in [3.05, 3.63) is 60.2 Å². The van der Waals surface area contributed by atoms with Crippen molar-refractivity contribution in [1.82, 2.24) is 0 Å². The van der Waals surface area contributed by atoms with Gasteiger partial charge in [0.15, 0.2) is 9.84 Å². The Balaban J connectivity index is 1.87. The molecular formula is C16H17NO4S. The van der Waals surface area contributed by atoms with Crippen LogP contribution in [0.1, 0.15) is 16.8 Å². The summed E-state index contributed by atoms with van der Waals surface area (Å²) in [7, 11) is -3.29. The Morgan fingerprint density at radius 3 is 2.45 bits per heavy atom. The van der Waals surface area contributed by atoms with E-state index in [1.807, 2.05) is 0 Å². The molecule has 1 amide bonds. The molecule has 0 saturated carbocycles. The number of nitrogens with two attached hydrogens (primary N) is 1. The largest absolute Gasteiger partial charge is 0.494 e. The van der Waals surface area contributed by atoms with Crippen molar-refractivity contribution in [3.8, 4) is 5.75 Å². The van der Waals surface area contributed by atoms with Crippen LogP contribution in [-0.4, -0.2) is 26.7 Å². The average molecular weight is 319 g/mol. The molecule has 22 heavy (non-hydrogen) atoms. The molecule has 2 aromatic rings. The first-order valence-corrected chi connectivity index (χ1v) is 8.45. The van der Waals surface area contributed by atoms with E-state index in [-0.39, 0.29) is 12.4 Å². The highest BCUT2D eigenvalue weighted by Crippen LogP contribution is 2.14. The lowest BCUT2D eigenvalue weighted by Crippen LogP contribution is -2.12. The van der Waals surface area contributed by atoms with Crippen LogP contribution in [0.4, 0.5) is 0 Å². The first kappa shape index (κ1) is 16.0. The van der Waals surface area contributed by atoms with Crippen molar-refractivity contribution < 1.29 is 17.9 Å². The SMILES string of the molecule is NC(=O)c1cccc(OCCCS(=O)(=O)c2ccccc2)c1. The molecule has 0 aliphatic carbocycles. The number of hydrogen-bond donors (Lipinski definition) is 1. The summed E-state index contributed by atoms with van der Waals surface area (Å²) >= 11 is 0. The van der Waals surface area contributed by atoms with Gasteiger partial charge in [-0.15, -0.1) is 0 Å².